The predicted octanol–water partition coefficient (Wildman–Crippen LogP) is -0.0811. The second-order valence-corrected chi connectivity index (χ2v) is 3.22. The fourth-order valence-corrected chi connectivity index (χ4v) is 1.25. The molecule has 0 fully saturated rings. The minimum atomic E-state index is -0.611. The van der Waals surface area contributed by atoms with Crippen LogP contribution in [-0.2, 0) is 4.79 Å². The van der Waals surface area contributed by atoms with Crippen LogP contribution in [0.5, 0.6) is 11.5 Å². The van der Waals surface area contributed by atoms with Crippen molar-refractivity contribution in [1.82, 2.24) is 5.32 Å². The van der Waals surface area contributed by atoms with Crippen LogP contribution in [0.3, 0.4) is 0 Å². The third kappa shape index (κ3) is 3.37. The summed E-state index contributed by atoms with van der Waals surface area (Å²) in [6.07, 6.45) is 0. The first-order valence-electron chi connectivity index (χ1n) is 4.87. The highest BCUT2D eigenvalue weighted by Gasteiger charge is 2.13. The molecule has 0 unspecified atom stereocenters. The summed E-state index contributed by atoms with van der Waals surface area (Å²) in [6, 6.07) is 4.80. The van der Waals surface area contributed by atoms with Crippen molar-refractivity contribution in [2.75, 3.05) is 20.8 Å². The van der Waals surface area contributed by atoms with E-state index in [4.69, 9.17) is 15.2 Å². The zero-order valence-electron chi connectivity index (χ0n) is 9.65. The van der Waals surface area contributed by atoms with Gasteiger partial charge in [0.1, 0.15) is 11.5 Å². The van der Waals surface area contributed by atoms with Crippen molar-refractivity contribution in [3.05, 3.63) is 23.8 Å². The number of primary amides is 1. The summed E-state index contributed by atoms with van der Waals surface area (Å²) in [6.45, 7) is -0.223. The summed E-state index contributed by atoms with van der Waals surface area (Å²) in [5, 5.41) is 2.38. The number of methoxy groups -OCH3 is 2. The summed E-state index contributed by atoms with van der Waals surface area (Å²) < 4.78 is 10.0. The minimum absolute atomic E-state index is 0.223. The van der Waals surface area contributed by atoms with Gasteiger partial charge in [0.15, 0.2) is 0 Å². The number of benzene rings is 1. The smallest absolute Gasteiger partial charge is 0.255 e. The molecule has 6 heteroatoms. The van der Waals surface area contributed by atoms with E-state index in [0.717, 1.165) is 0 Å². The molecule has 0 radical (unpaired) electrons. The largest absolute Gasteiger partial charge is 0.497 e. The Morgan fingerprint density at radius 2 is 2.00 bits per heavy atom. The molecule has 3 N–H and O–H groups in total. The van der Waals surface area contributed by atoms with Crippen LogP contribution >= 0.6 is 0 Å². The molecule has 1 rings (SSSR count). The Balaban J connectivity index is 2.93. The Kier molecular flexibility index (Phi) is 4.33. The standard InChI is InChI=1S/C11H14N2O4/c1-16-7-3-4-9(17-2)8(5-7)11(15)13-6-10(12)14/h3-5H,6H2,1-2H3,(H2,12,14)(H,13,15). The van der Waals surface area contributed by atoms with E-state index in [0.29, 0.717) is 11.5 Å². The number of carbonyl (C=O) groups excluding carboxylic acids is 2. The highest BCUT2D eigenvalue weighted by Crippen LogP contribution is 2.23. The van der Waals surface area contributed by atoms with Crippen molar-refractivity contribution in [3.63, 3.8) is 0 Å². The van der Waals surface area contributed by atoms with E-state index in [2.05, 4.69) is 5.32 Å². The molecule has 0 saturated heterocycles. The summed E-state index contributed by atoms with van der Waals surface area (Å²) in [5.41, 5.74) is 5.22. The fourth-order valence-electron chi connectivity index (χ4n) is 1.25. The average molecular weight is 238 g/mol. The van der Waals surface area contributed by atoms with Gasteiger partial charge in [-0.15, -0.1) is 0 Å². The SMILES string of the molecule is COc1ccc(OC)c(C(=O)NCC(N)=O)c1. The first kappa shape index (κ1) is 12.8. The number of nitrogens with two attached hydrogens (primary N) is 1. The van der Waals surface area contributed by atoms with E-state index in [-0.39, 0.29) is 12.1 Å². The number of hydrogen-bond acceptors (Lipinski definition) is 4. The monoisotopic (exact) mass is 238 g/mol. The van der Waals surface area contributed by atoms with Gasteiger partial charge in [0.25, 0.3) is 5.91 Å². The van der Waals surface area contributed by atoms with Crippen LogP contribution in [0.15, 0.2) is 18.2 Å². The van der Waals surface area contributed by atoms with E-state index < -0.39 is 11.8 Å². The lowest BCUT2D eigenvalue weighted by atomic mass is 10.1. The summed E-state index contributed by atoms with van der Waals surface area (Å²) in [7, 11) is 2.94. The van der Waals surface area contributed by atoms with Gasteiger partial charge in [-0.05, 0) is 18.2 Å². The van der Waals surface area contributed by atoms with Gasteiger partial charge in [0.05, 0.1) is 26.3 Å². The molecule has 92 valence electrons. The molecule has 0 aliphatic rings. The highest BCUT2D eigenvalue weighted by atomic mass is 16.5. The zero-order chi connectivity index (χ0) is 12.8. The molecular formula is C11H14N2O4. The first-order chi connectivity index (χ1) is 8.08. The summed E-state index contributed by atoms with van der Waals surface area (Å²) >= 11 is 0. The van der Waals surface area contributed by atoms with Crippen molar-refractivity contribution in [2.24, 2.45) is 5.73 Å². The van der Waals surface area contributed by atoms with E-state index in [1.165, 1.54) is 20.3 Å². The molecule has 0 aromatic heterocycles. The summed E-state index contributed by atoms with van der Waals surface area (Å²) in [5.74, 6) is -0.137. The molecular weight excluding hydrogens is 224 g/mol. The number of ether oxygens (including phenoxy) is 2. The Bertz CT molecular complexity index is 431. The maximum atomic E-state index is 11.7. The molecule has 0 aliphatic heterocycles. The molecule has 2 amide bonds. The molecule has 1 aromatic carbocycles. The lowest BCUT2D eigenvalue weighted by molar-refractivity contribution is -0.117. The third-order valence-corrected chi connectivity index (χ3v) is 2.07. The summed E-state index contributed by atoms with van der Waals surface area (Å²) in [4.78, 5) is 22.3. The maximum Gasteiger partial charge on any atom is 0.255 e. The highest BCUT2D eigenvalue weighted by molar-refractivity contribution is 5.99. The lowest BCUT2D eigenvalue weighted by Crippen LogP contribution is -2.33. The normalized spacial score (nSPS) is 9.53. The van der Waals surface area contributed by atoms with Crippen molar-refractivity contribution in [1.29, 1.82) is 0 Å². The van der Waals surface area contributed by atoms with Gasteiger partial charge in [-0.25, -0.2) is 0 Å². The van der Waals surface area contributed by atoms with Gasteiger partial charge in [-0.2, -0.15) is 0 Å². The number of amides is 2. The predicted molar refractivity (Wildman–Crippen MR) is 61.1 cm³/mol. The van der Waals surface area contributed by atoms with Crippen LogP contribution in [0.1, 0.15) is 10.4 Å². The van der Waals surface area contributed by atoms with Gasteiger partial charge in [0.2, 0.25) is 5.91 Å². The molecule has 1 aromatic rings. The van der Waals surface area contributed by atoms with Gasteiger partial charge in [-0.1, -0.05) is 0 Å². The zero-order valence-corrected chi connectivity index (χ0v) is 9.65. The van der Waals surface area contributed by atoms with Crippen molar-refractivity contribution in [2.45, 2.75) is 0 Å². The van der Waals surface area contributed by atoms with E-state index >= 15 is 0 Å². The number of carbonyl (C=O) groups is 2. The van der Waals surface area contributed by atoms with Crippen LogP contribution in [0.25, 0.3) is 0 Å². The second kappa shape index (κ2) is 5.74. The maximum absolute atomic E-state index is 11.7. The number of rotatable bonds is 5. The average Bonchev–Trinajstić information content (AvgIpc) is 2.34. The van der Waals surface area contributed by atoms with Gasteiger partial charge in [-0.3, -0.25) is 9.59 Å². The fraction of sp³-hybridized carbons (Fsp3) is 0.273. The third-order valence-electron chi connectivity index (χ3n) is 2.07. The van der Waals surface area contributed by atoms with Crippen molar-refractivity contribution in [3.8, 4) is 11.5 Å². The Hall–Kier alpha value is -2.24. The molecule has 0 atom stereocenters. The topological polar surface area (TPSA) is 90.7 Å². The Labute approximate surface area is 98.7 Å². The van der Waals surface area contributed by atoms with Crippen LogP contribution in [-0.4, -0.2) is 32.6 Å². The van der Waals surface area contributed by atoms with E-state index in [9.17, 15) is 9.59 Å². The van der Waals surface area contributed by atoms with Gasteiger partial charge >= 0.3 is 0 Å². The van der Waals surface area contributed by atoms with Crippen LogP contribution in [0.2, 0.25) is 0 Å². The molecule has 0 bridgehead atoms. The molecule has 0 saturated carbocycles. The lowest BCUT2D eigenvalue weighted by Gasteiger charge is -2.10. The minimum Gasteiger partial charge on any atom is -0.497 e. The van der Waals surface area contributed by atoms with E-state index in [1.807, 2.05) is 0 Å². The molecule has 0 heterocycles. The van der Waals surface area contributed by atoms with Crippen LogP contribution < -0.4 is 20.5 Å². The Morgan fingerprint density at radius 1 is 1.29 bits per heavy atom. The first-order valence-corrected chi connectivity index (χ1v) is 4.87. The molecule has 6 nitrogen and oxygen atoms in total. The van der Waals surface area contributed by atoms with Gasteiger partial charge < -0.3 is 20.5 Å². The van der Waals surface area contributed by atoms with Crippen molar-refractivity contribution >= 4 is 11.8 Å². The molecule has 17 heavy (non-hydrogen) atoms. The van der Waals surface area contributed by atoms with E-state index in [1.54, 1.807) is 12.1 Å². The molecule has 0 aliphatic carbocycles. The van der Waals surface area contributed by atoms with Gasteiger partial charge in [0, 0.05) is 0 Å². The second-order valence-electron chi connectivity index (χ2n) is 3.22. The van der Waals surface area contributed by atoms with Crippen LogP contribution in [0, 0.1) is 0 Å². The Morgan fingerprint density at radius 3 is 2.53 bits per heavy atom. The van der Waals surface area contributed by atoms with Crippen molar-refractivity contribution < 1.29 is 19.1 Å². The molecule has 0 spiro atoms. The quantitative estimate of drug-likeness (QED) is 0.750. The number of nitrogens with one attached hydrogen (secondary N) is 1. The van der Waals surface area contributed by atoms with Crippen LogP contribution in [0.4, 0.5) is 0 Å². The number of hydrogen-bond donors (Lipinski definition) is 2.